The van der Waals surface area contributed by atoms with Gasteiger partial charge in [0.05, 0.1) is 0 Å². The average Bonchev–Trinajstić information content (AvgIpc) is 3.29. The Labute approximate surface area is 137 Å². The second-order valence-electron chi connectivity index (χ2n) is 4.84. The molecule has 1 atom stereocenters. The van der Waals surface area contributed by atoms with Gasteiger partial charge in [0.2, 0.25) is 0 Å². The summed E-state index contributed by atoms with van der Waals surface area (Å²) in [5.41, 5.74) is 6.30. The Balaban J connectivity index is 0.000000174. The fourth-order valence-electron chi connectivity index (χ4n) is 1.85. The average molecular weight is 327 g/mol. The summed E-state index contributed by atoms with van der Waals surface area (Å²) < 4.78 is 0. The Morgan fingerprint density at radius 1 is 1.04 bits per heavy atom. The molecule has 0 bridgehead atoms. The number of imidazole rings is 2. The Bertz CT molecular complexity index is 718. The van der Waals surface area contributed by atoms with E-state index in [9.17, 15) is 9.59 Å². The minimum atomic E-state index is -0.959. The number of carbonyl (C=O) groups is 2. The van der Waals surface area contributed by atoms with Crippen LogP contribution in [0.5, 0.6) is 0 Å². The number of carbonyl (C=O) groups excluding carboxylic acids is 1. The Hall–Kier alpha value is -3.26. The molecule has 0 aliphatic carbocycles. The number of aromatic nitrogens is 4. The summed E-state index contributed by atoms with van der Waals surface area (Å²) in [5.74, 6) is -0.598. The highest BCUT2D eigenvalue weighted by molar-refractivity contribution is 6.03. The van der Waals surface area contributed by atoms with Gasteiger partial charge in [0.15, 0.2) is 11.6 Å². The van der Waals surface area contributed by atoms with Crippen LogP contribution in [0.3, 0.4) is 0 Å². The number of rotatable bonds is 5. The summed E-state index contributed by atoms with van der Waals surface area (Å²) in [7, 11) is 0. The topological polar surface area (TPSA) is 138 Å². The first kappa shape index (κ1) is 17.1. The van der Waals surface area contributed by atoms with Crippen LogP contribution in [0.25, 0.3) is 0 Å². The van der Waals surface area contributed by atoms with E-state index in [4.69, 9.17) is 10.8 Å². The van der Waals surface area contributed by atoms with Crippen molar-refractivity contribution in [2.45, 2.75) is 12.5 Å². The lowest BCUT2D eigenvalue weighted by molar-refractivity contribution is -0.138. The molecule has 0 saturated heterocycles. The van der Waals surface area contributed by atoms with Gasteiger partial charge in [0.25, 0.3) is 5.78 Å². The molecule has 24 heavy (non-hydrogen) atoms. The zero-order chi connectivity index (χ0) is 17.4. The van der Waals surface area contributed by atoms with Gasteiger partial charge in [0, 0.05) is 24.8 Å². The number of carboxylic acid groups (broad SMARTS) is 1. The second kappa shape index (κ2) is 8.39. The summed E-state index contributed by atoms with van der Waals surface area (Å²) >= 11 is 0. The van der Waals surface area contributed by atoms with E-state index in [1.54, 1.807) is 12.4 Å². The highest BCUT2D eigenvalue weighted by Gasteiger charge is 2.12. The van der Waals surface area contributed by atoms with Crippen LogP contribution in [0.2, 0.25) is 0 Å². The van der Waals surface area contributed by atoms with Gasteiger partial charge in [-0.05, 0) is 12.0 Å². The van der Waals surface area contributed by atoms with E-state index >= 15 is 0 Å². The van der Waals surface area contributed by atoms with Crippen LogP contribution in [0.15, 0.2) is 55.1 Å². The highest BCUT2D eigenvalue weighted by atomic mass is 16.4. The minimum Gasteiger partial charge on any atom is -0.480 e. The monoisotopic (exact) mass is 327 g/mol. The lowest BCUT2D eigenvalue weighted by atomic mass is 10.1. The predicted octanol–water partition coefficient (Wildman–Crippen LogP) is 1.00. The maximum atomic E-state index is 11.4. The van der Waals surface area contributed by atoms with Gasteiger partial charge in [0.1, 0.15) is 6.04 Å². The zero-order valence-electron chi connectivity index (χ0n) is 12.7. The molecule has 3 rings (SSSR count). The second-order valence-corrected chi connectivity index (χ2v) is 4.84. The first-order chi connectivity index (χ1) is 11.6. The number of H-pyrrole nitrogens is 2. The van der Waals surface area contributed by atoms with Crippen molar-refractivity contribution in [1.82, 2.24) is 19.9 Å². The summed E-state index contributed by atoms with van der Waals surface area (Å²) in [6.07, 6.45) is 6.62. The highest BCUT2D eigenvalue weighted by Crippen LogP contribution is 2.01. The SMILES string of the molecule is N[C@@H](Cc1ccccc1)C(=O)O.O=C(c1ncc[nH]1)c1ncc[nH]1. The summed E-state index contributed by atoms with van der Waals surface area (Å²) in [5, 5.41) is 8.52. The summed E-state index contributed by atoms with van der Waals surface area (Å²) in [6.45, 7) is 0. The molecule has 1 aromatic carbocycles. The van der Waals surface area contributed by atoms with Crippen molar-refractivity contribution in [2.24, 2.45) is 5.73 Å². The first-order valence-corrected chi connectivity index (χ1v) is 7.13. The van der Waals surface area contributed by atoms with Gasteiger partial charge >= 0.3 is 5.97 Å². The van der Waals surface area contributed by atoms with Crippen molar-refractivity contribution in [2.75, 3.05) is 0 Å². The number of ketones is 1. The quantitative estimate of drug-likeness (QED) is 0.516. The molecular formula is C16H17N5O3. The van der Waals surface area contributed by atoms with Crippen LogP contribution < -0.4 is 5.73 Å². The molecule has 0 unspecified atom stereocenters. The van der Waals surface area contributed by atoms with Crippen molar-refractivity contribution in [3.05, 3.63) is 72.3 Å². The fraction of sp³-hybridized carbons (Fsp3) is 0.125. The number of nitrogens with two attached hydrogens (primary N) is 1. The summed E-state index contributed by atoms with van der Waals surface area (Å²) in [4.78, 5) is 34.8. The van der Waals surface area contributed by atoms with Crippen LogP contribution >= 0.6 is 0 Å². The Morgan fingerprint density at radius 2 is 1.58 bits per heavy atom. The maximum Gasteiger partial charge on any atom is 0.320 e. The van der Waals surface area contributed by atoms with E-state index in [1.807, 2.05) is 30.3 Å². The third-order valence-corrected chi connectivity index (χ3v) is 3.04. The van der Waals surface area contributed by atoms with E-state index in [0.29, 0.717) is 18.1 Å². The van der Waals surface area contributed by atoms with Crippen LogP contribution in [0.4, 0.5) is 0 Å². The van der Waals surface area contributed by atoms with E-state index in [-0.39, 0.29) is 5.78 Å². The van der Waals surface area contributed by atoms with Gasteiger partial charge in [-0.2, -0.15) is 0 Å². The van der Waals surface area contributed by atoms with Crippen LogP contribution in [0.1, 0.15) is 22.0 Å². The largest absolute Gasteiger partial charge is 0.480 e. The van der Waals surface area contributed by atoms with Crippen molar-refractivity contribution < 1.29 is 14.7 Å². The molecule has 0 saturated carbocycles. The number of aromatic amines is 2. The smallest absolute Gasteiger partial charge is 0.320 e. The standard InChI is InChI=1S/C9H11NO2.C7H6N4O/c10-8(9(11)12)6-7-4-2-1-3-5-7;12-5(6-8-1-2-9-6)7-10-3-4-11-7/h1-5,8H,6,10H2,(H,11,12);1-4H,(H,8,9)(H,10,11)/t8-;/m0./s1. The van der Waals surface area contributed by atoms with E-state index in [2.05, 4.69) is 19.9 Å². The molecule has 2 heterocycles. The van der Waals surface area contributed by atoms with Gasteiger partial charge in [-0.3, -0.25) is 9.59 Å². The molecule has 0 amide bonds. The van der Waals surface area contributed by atoms with Crippen molar-refractivity contribution in [1.29, 1.82) is 0 Å². The molecule has 124 valence electrons. The predicted molar refractivity (Wildman–Crippen MR) is 86.4 cm³/mol. The lowest BCUT2D eigenvalue weighted by Gasteiger charge is -2.04. The maximum absolute atomic E-state index is 11.4. The molecule has 0 fully saturated rings. The lowest BCUT2D eigenvalue weighted by Crippen LogP contribution is -2.32. The summed E-state index contributed by atoms with van der Waals surface area (Å²) in [6, 6.07) is 8.54. The van der Waals surface area contributed by atoms with Gasteiger partial charge in [-0.15, -0.1) is 0 Å². The molecule has 2 aromatic heterocycles. The zero-order valence-corrected chi connectivity index (χ0v) is 12.7. The van der Waals surface area contributed by atoms with Crippen LogP contribution in [-0.2, 0) is 11.2 Å². The van der Waals surface area contributed by atoms with Crippen LogP contribution in [0, 0.1) is 0 Å². The van der Waals surface area contributed by atoms with Crippen molar-refractivity contribution in [3.8, 4) is 0 Å². The Kier molecular flexibility index (Phi) is 5.98. The van der Waals surface area contributed by atoms with Gasteiger partial charge in [-0.25, -0.2) is 9.97 Å². The molecule has 3 aromatic rings. The number of carboxylic acids is 1. The molecule has 0 aliphatic heterocycles. The molecule has 0 spiro atoms. The van der Waals surface area contributed by atoms with Gasteiger partial charge in [-0.1, -0.05) is 30.3 Å². The first-order valence-electron chi connectivity index (χ1n) is 7.13. The van der Waals surface area contributed by atoms with Gasteiger partial charge < -0.3 is 20.8 Å². The molecule has 0 aliphatic rings. The molecular weight excluding hydrogens is 310 g/mol. The molecule has 5 N–H and O–H groups in total. The van der Waals surface area contributed by atoms with Crippen molar-refractivity contribution >= 4 is 11.8 Å². The number of aliphatic carboxylic acids is 1. The Morgan fingerprint density at radius 3 is 2.00 bits per heavy atom. The number of hydrogen-bond acceptors (Lipinski definition) is 5. The molecule has 8 nitrogen and oxygen atoms in total. The number of benzene rings is 1. The fourth-order valence-corrected chi connectivity index (χ4v) is 1.85. The normalized spacial score (nSPS) is 11.2. The molecule has 0 radical (unpaired) electrons. The van der Waals surface area contributed by atoms with Crippen molar-refractivity contribution in [3.63, 3.8) is 0 Å². The van der Waals surface area contributed by atoms with E-state index < -0.39 is 12.0 Å². The number of hydrogen-bond donors (Lipinski definition) is 4. The number of nitrogens with one attached hydrogen (secondary N) is 2. The molecule has 8 heteroatoms. The minimum absolute atomic E-state index is 0.231. The third-order valence-electron chi connectivity index (χ3n) is 3.04. The van der Waals surface area contributed by atoms with E-state index in [0.717, 1.165) is 5.56 Å². The third kappa shape index (κ3) is 4.89. The van der Waals surface area contributed by atoms with Crippen LogP contribution in [-0.4, -0.2) is 42.8 Å². The number of nitrogens with zero attached hydrogens (tertiary/aromatic N) is 2. The van der Waals surface area contributed by atoms with E-state index in [1.165, 1.54) is 12.4 Å².